The number of methoxy groups -OCH3 is 2. The number of nitrogens with zero attached hydrogens (tertiary/aromatic N) is 1. The van der Waals surface area contributed by atoms with Crippen molar-refractivity contribution in [2.75, 3.05) is 32.3 Å². The summed E-state index contributed by atoms with van der Waals surface area (Å²) in [5.41, 5.74) is 8.16. The molecule has 1 fully saturated rings. The van der Waals surface area contributed by atoms with Gasteiger partial charge in [-0.2, -0.15) is 0 Å². The fraction of sp³-hybridized carbons (Fsp3) is 0.258. The van der Waals surface area contributed by atoms with E-state index in [1.54, 1.807) is 49.5 Å². The predicted molar refractivity (Wildman–Crippen MR) is 160 cm³/mol. The van der Waals surface area contributed by atoms with Crippen LogP contribution in [0.1, 0.15) is 33.3 Å². The predicted octanol–water partition coefficient (Wildman–Crippen LogP) is 4.26. The number of nitrogens with two attached hydrogens (primary N) is 1. The van der Waals surface area contributed by atoms with E-state index in [1.807, 2.05) is 42.5 Å². The van der Waals surface area contributed by atoms with E-state index in [9.17, 15) is 14.4 Å². The van der Waals surface area contributed by atoms with Crippen molar-refractivity contribution in [3.8, 4) is 17.2 Å². The van der Waals surface area contributed by atoms with Crippen LogP contribution in [0.3, 0.4) is 0 Å². The number of primary amides is 1. The number of hydrogen-bond donors (Lipinski definition) is 2. The molecule has 1 aliphatic heterocycles. The molecule has 4 rings (SSSR count). The number of carbonyl (C=O) groups is 3. The molecule has 9 nitrogen and oxygen atoms in total. The van der Waals surface area contributed by atoms with Gasteiger partial charge in [-0.15, -0.1) is 11.8 Å². The molecule has 0 aliphatic carbocycles. The molecule has 0 aromatic heterocycles. The Hall–Kier alpha value is -4.44. The van der Waals surface area contributed by atoms with E-state index >= 15 is 0 Å². The van der Waals surface area contributed by atoms with Gasteiger partial charge in [-0.05, 0) is 60.0 Å². The van der Waals surface area contributed by atoms with E-state index in [4.69, 9.17) is 19.9 Å². The van der Waals surface area contributed by atoms with Crippen LogP contribution in [0.15, 0.2) is 79.4 Å². The van der Waals surface area contributed by atoms with Crippen LogP contribution in [0.25, 0.3) is 0 Å². The zero-order valence-corrected chi connectivity index (χ0v) is 23.8. The maximum Gasteiger partial charge on any atom is 0.248 e. The van der Waals surface area contributed by atoms with Crippen LogP contribution in [0.2, 0.25) is 0 Å². The van der Waals surface area contributed by atoms with Crippen LogP contribution in [0.5, 0.6) is 17.2 Å². The molecular weight excluding hydrogens is 542 g/mol. The van der Waals surface area contributed by atoms with Crippen molar-refractivity contribution in [2.24, 2.45) is 5.73 Å². The first-order chi connectivity index (χ1) is 19.8. The van der Waals surface area contributed by atoms with Gasteiger partial charge in [-0.25, -0.2) is 0 Å². The lowest BCUT2D eigenvalue weighted by atomic mass is 10.1. The van der Waals surface area contributed by atoms with Gasteiger partial charge in [0.15, 0.2) is 11.5 Å². The Kier molecular flexibility index (Phi) is 9.91. The average molecular weight is 576 g/mol. The molecule has 10 heteroatoms. The Morgan fingerprint density at radius 1 is 1.05 bits per heavy atom. The lowest BCUT2D eigenvalue weighted by Gasteiger charge is -2.24. The number of carbonyl (C=O) groups excluding carboxylic acids is 3. The Labute approximate surface area is 243 Å². The van der Waals surface area contributed by atoms with Gasteiger partial charge in [0.05, 0.1) is 19.5 Å². The van der Waals surface area contributed by atoms with Crippen molar-refractivity contribution in [3.05, 3.63) is 96.1 Å². The topological polar surface area (TPSA) is 120 Å². The van der Waals surface area contributed by atoms with E-state index in [0.29, 0.717) is 48.1 Å². The summed E-state index contributed by atoms with van der Waals surface area (Å²) in [6.45, 7) is 4.44. The number of amides is 3. The minimum absolute atomic E-state index is 0.0124. The maximum atomic E-state index is 13.7. The number of nitrogens with one attached hydrogen (secondary N) is 1. The number of benzene rings is 3. The van der Waals surface area contributed by atoms with E-state index in [-0.39, 0.29) is 18.2 Å². The lowest BCUT2D eigenvalue weighted by Crippen LogP contribution is -2.34. The van der Waals surface area contributed by atoms with Crippen molar-refractivity contribution in [2.45, 2.75) is 23.5 Å². The highest BCUT2D eigenvalue weighted by Gasteiger charge is 2.43. The summed E-state index contributed by atoms with van der Waals surface area (Å²) in [6, 6.07) is 19.7. The highest BCUT2D eigenvalue weighted by molar-refractivity contribution is 8.01. The fourth-order valence-electron chi connectivity index (χ4n) is 4.49. The molecule has 0 spiro atoms. The summed E-state index contributed by atoms with van der Waals surface area (Å²) in [6.07, 6.45) is 2.27. The quantitative estimate of drug-likeness (QED) is 0.292. The molecule has 3 amide bonds. The second-order valence-electron chi connectivity index (χ2n) is 9.26. The zero-order valence-electron chi connectivity index (χ0n) is 23.0. The van der Waals surface area contributed by atoms with Crippen LogP contribution >= 0.6 is 11.8 Å². The summed E-state index contributed by atoms with van der Waals surface area (Å²) >= 11 is 1.39. The highest BCUT2D eigenvalue weighted by atomic mass is 32.2. The normalized spacial score (nSPS) is 16.2. The van der Waals surface area contributed by atoms with Crippen molar-refractivity contribution < 1.29 is 28.6 Å². The van der Waals surface area contributed by atoms with Crippen molar-refractivity contribution in [1.82, 2.24) is 5.32 Å². The molecule has 3 N–H and O–H groups in total. The van der Waals surface area contributed by atoms with Crippen LogP contribution in [-0.2, 0) is 16.0 Å². The SMILES string of the molecule is C=CCOc1ccc(C2SC(CC(=O)NCCc3ccc(OC)c(OC)c3)C(=O)N2c2cccc(C(N)=O)c2)cc1. The first kappa shape index (κ1) is 29.5. The van der Waals surface area contributed by atoms with Gasteiger partial charge in [0.1, 0.15) is 17.7 Å². The molecule has 41 heavy (non-hydrogen) atoms. The summed E-state index contributed by atoms with van der Waals surface area (Å²) in [7, 11) is 3.15. The van der Waals surface area contributed by atoms with Crippen LogP contribution in [-0.4, -0.2) is 50.3 Å². The van der Waals surface area contributed by atoms with Gasteiger partial charge in [-0.1, -0.05) is 36.9 Å². The summed E-state index contributed by atoms with van der Waals surface area (Å²) < 4.78 is 16.2. The smallest absolute Gasteiger partial charge is 0.248 e. The fourth-order valence-corrected chi connectivity index (χ4v) is 5.94. The Morgan fingerprint density at radius 2 is 1.80 bits per heavy atom. The van der Waals surface area contributed by atoms with Gasteiger partial charge < -0.3 is 25.3 Å². The third-order valence-electron chi connectivity index (χ3n) is 6.54. The monoisotopic (exact) mass is 575 g/mol. The van der Waals surface area contributed by atoms with Crippen LogP contribution in [0, 0.1) is 0 Å². The molecular formula is C31H33N3O6S. The summed E-state index contributed by atoms with van der Waals surface area (Å²) in [5, 5.41) is 1.90. The lowest BCUT2D eigenvalue weighted by molar-refractivity contribution is -0.124. The third-order valence-corrected chi connectivity index (χ3v) is 7.97. The third kappa shape index (κ3) is 7.20. The molecule has 214 valence electrons. The summed E-state index contributed by atoms with van der Waals surface area (Å²) in [4.78, 5) is 40.1. The van der Waals surface area contributed by atoms with E-state index in [2.05, 4.69) is 11.9 Å². The van der Waals surface area contributed by atoms with Crippen LogP contribution in [0.4, 0.5) is 5.69 Å². The Morgan fingerprint density at radius 3 is 2.49 bits per heavy atom. The number of anilines is 1. The molecule has 1 aliphatic rings. The Balaban J connectivity index is 1.47. The largest absolute Gasteiger partial charge is 0.493 e. The average Bonchev–Trinajstić information content (AvgIpc) is 3.31. The Bertz CT molecular complexity index is 1410. The molecule has 1 heterocycles. The molecule has 2 unspecified atom stereocenters. The zero-order chi connectivity index (χ0) is 29.4. The van der Waals surface area contributed by atoms with E-state index < -0.39 is 16.5 Å². The van der Waals surface area contributed by atoms with Crippen molar-refractivity contribution in [3.63, 3.8) is 0 Å². The first-order valence-corrected chi connectivity index (χ1v) is 14.0. The highest BCUT2D eigenvalue weighted by Crippen LogP contribution is 2.47. The van der Waals surface area contributed by atoms with Crippen LogP contribution < -0.4 is 30.2 Å². The number of thioether (sulfide) groups is 1. The number of hydrogen-bond acceptors (Lipinski definition) is 7. The molecule has 3 aromatic rings. The second kappa shape index (κ2) is 13.8. The molecule has 0 bridgehead atoms. The first-order valence-electron chi connectivity index (χ1n) is 13.0. The van der Waals surface area contributed by atoms with Gasteiger partial charge in [0.2, 0.25) is 17.7 Å². The van der Waals surface area contributed by atoms with Gasteiger partial charge in [-0.3, -0.25) is 19.3 Å². The molecule has 2 atom stereocenters. The molecule has 1 saturated heterocycles. The van der Waals surface area contributed by atoms with Gasteiger partial charge >= 0.3 is 0 Å². The van der Waals surface area contributed by atoms with Crippen molar-refractivity contribution in [1.29, 1.82) is 0 Å². The summed E-state index contributed by atoms with van der Waals surface area (Å²) in [5.74, 6) is 0.902. The van der Waals surface area contributed by atoms with Crippen molar-refractivity contribution >= 4 is 35.2 Å². The van der Waals surface area contributed by atoms with Gasteiger partial charge in [0.25, 0.3) is 0 Å². The maximum absolute atomic E-state index is 13.7. The standard InChI is InChI=1S/C31H33N3O6S/c1-4-16-40-24-11-9-21(10-12-24)31-34(23-7-5-6-22(18-23)29(32)36)30(37)27(41-31)19-28(35)33-15-14-20-8-13-25(38-2)26(17-20)39-3/h4-13,17-18,27,31H,1,14-16,19H2,2-3H3,(H2,32,36)(H,33,35). The second-order valence-corrected chi connectivity index (χ2v) is 10.5. The minimum Gasteiger partial charge on any atom is -0.493 e. The molecule has 0 saturated carbocycles. The van der Waals surface area contributed by atoms with Gasteiger partial charge in [0, 0.05) is 24.2 Å². The minimum atomic E-state index is -0.616. The van der Waals surface area contributed by atoms with E-state index in [1.165, 1.54) is 11.8 Å². The number of ether oxygens (including phenoxy) is 3. The number of rotatable bonds is 13. The molecule has 0 radical (unpaired) electrons. The van der Waals surface area contributed by atoms with E-state index in [0.717, 1.165) is 11.1 Å². The molecule has 3 aromatic carbocycles.